The summed E-state index contributed by atoms with van der Waals surface area (Å²) in [7, 11) is -2.65. The van der Waals surface area contributed by atoms with Crippen molar-refractivity contribution in [1.29, 1.82) is 0 Å². The molecule has 0 spiro atoms. The van der Waals surface area contributed by atoms with Crippen molar-refractivity contribution in [3.63, 3.8) is 0 Å². The Labute approximate surface area is 141 Å². The van der Waals surface area contributed by atoms with E-state index in [9.17, 15) is 22.4 Å². The van der Waals surface area contributed by atoms with E-state index >= 15 is 0 Å². The molecule has 0 radical (unpaired) electrons. The standard InChI is InChI=1S/C14H14FN3O4S2/c1-18(7-8-2-4-9(15)5-3-8)24(21,22)11-6-10(13(16)19)12(23-11)14(17)20/h2-6H,7H2,1H3,(H2,16,19)(H2,17,20). The van der Waals surface area contributed by atoms with Crippen molar-refractivity contribution >= 4 is 33.2 Å². The van der Waals surface area contributed by atoms with Gasteiger partial charge in [0.15, 0.2) is 0 Å². The molecule has 10 heteroatoms. The van der Waals surface area contributed by atoms with Crippen LogP contribution in [0.1, 0.15) is 25.6 Å². The Morgan fingerprint density at radius 2 is 1.75 bits per heavy atom. The normalized spacial score (nSPS) is 11.6. The summed E-state index contributed by atoms with van der Waals surface area (Å²) >= 11 is 0.579. The number of benzene rings is 1. The van der Waals surface area contributed by atoms with Crippen LogP contribution in [0.25, 0.3) is 0 Å². The highest BCUT2D eigenvalue weighted by Crippen LogP contribution is 2.28. The fourth-order valence-corrected chi connectivity index (χ4v) is 4.64. The number of hydrogen-bond donors (Lipinski definition) is 2. The van der Waals surface area contributed by atoms with Crippen LogP contribution in [-0.2, 0) is 16.6 Å². The third-order valence-corrected chi connectivity index (χ3v) is 6.58. The molecule has 2 aromatic rings. The first-order chi connectivity index (χ1) is 11.1. The van der Waals surface area contributed by atoms with Gasteiger partial charge in [0.1, 0.15) is 14.9 Å². The highest BCUT2D eigenvalue weighted by molar-refractivity contribution is 7.91. The lowest BCUT2D eigenvalue weighted by molar-refractivity contribution is 0.0970. The average molecular weight is 371 g/mol. The molecule has 0 atom stereocenters. The molecule has 128 valence electrons. The topological polar surface area (TPSA) is 124 Å². The SMILES string of the molecule is CN(Cc1ccc(F)cc1)S(=O)(=O)c1cc(C(N)=O)c(C(N)=O)s1. The molecule has 1 heterocycles. The van der Waals surface area contributed by atoms with E-state index in [-0.39, 0.29) is 21.2 Å². The van der Waals surface area contributed by atoms with Crippen LogP contribution in [0.3, 0.4) is 0 Å². The molecule has 0 aliphatic heterocycles. The smallest absolute Gasteiger partial charge is 0.259 e. The van der Waals surface area contributed by atoms with Gasteiger partial charge < -0.3 is 11.5 Å². The zero-order valence-electron chi connectivity index (χ0n) is 12.5. The van der Waals surface area contributed by atoms with Crippen LogP contribution >= 0.6 is 11.3 Å². The number of nitrogens with two attached hydrogens (primary N) is 2. The zero-order valence-corrected chi connectivity index (χ0v) is 14.2. The molecule has 7 nitrogen and oxygen atoms in total. The fraction of sp³-hybridized carbons (Fsp3) is 0.143. The Balaban J connectivity index is 2.35. The number of sulfonamides is 1. The van der Waals surface area contributed by atoms with Crippen LogP contribution in [0.2, 0.25) is 0 Å². The molecular formula is C14H14FN3O4S2. The first-order valence-corrected chi connectivity index (χ1v) is 8.83. The van der Waals surface area contributed by atoms with Gasteiger partial charge in [0.25, 0.3) is 15.9 Å². The van der Waals surface area contributed by atoms with Crippen molar-refractivity contribution in [2.45, 2.75) is 10.8 Å². The second-order valence-corrected chi connectivity index (χ2v) is 8.25. The molecule has 24 heavy (non-hydrogen) atoms. The Morgan fingerprint density at radius 3 is 2.21 bits per heavy atom. The van der Waals surface area contributed by atoms with Crippen molar-refractivity contribution < 1.29 is 22.4 Å². The number of primary amides is 2. The minimum absolute atomic E-state index is 0.0156. The van der Waals surface area contributed by atoms with E-state index in [0.717, 1.165) is 10.4 Å². The first-order valence-electron chi connectivity index (χ1n) is 6.57. The molecule has 1 aromatic carbocycles. The second kappa shape index (κ2) is 6.67. The van der Waals surface area contributed by atoms with Crippen LogP contribution in [-0.4, -0.2) is 31.6 Å². The average Bonchev–Trinajstić information content (AvgIpc) is 2.96. The number of carbonyl (C=O) groups is 2. The quantitative estimate of drug-likeness (QED) is 0.783. The predicted octanol–water partition coefficient (Wildman–Crippen LogP) is 0.906. The summed E-state index contributed by atoms with van der Waals surface area (Å²) in [4.78, 5) is 22.5. The summed E-state index contributed by atoms with van der Waals surface area (Å²) in [5.41, 5.74) is 10.6. The van der Waals surface area contributed by atoms with Crippen molar-refractivity contribution in [2.75, 3.05) is 7.05 Å². The number of amides is 2. The summed E-state index contributed by atoms with van der Waals surface area (Å²) in [5, 5.41) is 0. The van der Waals surface area contributed by atoms with Gasteiger partial charge in [-0.3, -0.25) is 9.59 Å². The first kappa shape index (κ1) is 18.0. The summed E-state index contributed by atoms with van der Waals surface area (Å²) < 4.78 is 38.8. The number of carbonyl (C=O) groups excluding carboxylic acids is 2. The van der Waals surface area contributed by atoms with E-state index in [2.05, 4.69) is 0 Å². The third-order valence-electron chi connectivity index (χ3n) is 3.18. The van der Waals surface area contributed by atoms with Gasteiger partial charge in [0.2, 0.25) is 5.91 Å². The maximum absolute atomic E-state index is 12.9. The number of rotatable bonds is 6. The minimum atomic E-state index is -3.97. The van der Waals surface area contributed by atoms with Crippen molar-refractivity contribution in [3.05, 3.63) is 52.2 Å². The summed E-state index contributed by atoms with van der Waals surface area (Å²) in [6, 6.07) is 6.39. The monoisotopic (exact) mass is 371 g/mol. The highest BCUT2D eigenvalue weighted by Gasteiger charge is 2.28. The van der Waals surface area contributed by atoms with E-state index < -0.39 is 27.7 Å². The molecule has 1 aromatic heterocycles. The van der Waals surface area contributed by atoms with Crippen molar-refractivity contribution in [3.8, 4) is 0 Å². The molecule has 2 rings (SSSR count). The van der Waals surface area contributed by atoms with E-state index in [1.807, 2.05) is 0 Å². The van der Waals surface area contributed by atoms with Crippen molar-refractivity contribution in [1.82, 2.24) is 4.31 Å². The van der Waals surface area contributed by atoms with Crippen LogP contribution < -0.4 is 11.5 Å². The summed E-state index contributed by atoms with van der Waals surface area (Å²) in [6.07, 6.45) is 0. The molecule has 0 bridgehead atoms. The zero-order chi connectivity index (χ0) is 18.1. The van der Waals surface area contributed by atoms with Gasteiger partial charge in [-0.05, 0) is 23.8 Å². The molecule has 0 saturated heterocycles. The summed E-state index contributed by atoms with van der Waals surface area (Å²) in [6.45, 7) is -0.0156. The van der Waals surface area contributed by atoms with Gasteiger partial charge in [0, 0.05) is 13.6 Å². The number of halogens is 1. The number of hydrogen-bond acceptors (Lipinski definition) is 5. The Bertz CT molecular complexity index is 860. The summed E-state index contributed by atoms with van der Waals surface area (Å²) in [5.74, 6) is -2.31. The lowest BCUT2D eigenvalue weighted by atomic mass is 10.2. The minimum Gasteiger partial charge on any atom is -0.366 e. The van der Waals surface area contributed by atoms with Gasteiger partial charge in [-0.1, -0.05) is 12.1 Å². The molecule has 0 saturated carbocycles. The van der Waals surface area contributed by atoms with E-state index in [4.69, 9.17) is 11.5 Å². The van der Waals surface area contributed by atoms with Gasteiger partial charge >= 0.3 is 0 Å². The third kappa shape index (κ3) is 3.61. The lowest BCUT2D eigenvalue weighted by Crippen LogP contribution is -2.25. The molecule has 0 fully saturated rings. The van der Waals surface area contributed by atoms with Crippen LogP contribution in [0.15, 0.2) is 34.5 Å². The van der Waals surface area contributed by atoms with Gasteiger partial charge in [-0.15, -0.1) is 11.3 Å². The van der Waals surface area contributed by atoms with Crippen molar-refractivity contribution in [2.24, 2.45) is 11.5 Å². The highest BCUT2D eigenvalue weighted by atomic mass is 32.2. The van der Waals surface area contributed by atoms with Gasteiger partial charge in [0.05, 0.1) is 5.56 Å². The Morgan fingerprint density at radius 1 is 1.17 bits per heavy atom. The lowest BCUT2D eigenvalue weighted by Gasteiger charge is -2.16. The maximum Gasteiger partial charge on any atom is 0.259 e. The Hall–Kier alpha value is -2.30. The fourth-order valence-electron chi connectivity index (χ4n) is 1.95. The van der Waals surface area contributed by atoms with Gasteiger partial charge in [-0.25, -0.2) is 12.8 Å². The number of nitrogens with zero attached hydrogens (tertiary/aromatic N) is 1. The molecule has 4 N–H and O–H groups in total. The predicted molar refractivity (Wildman–Crippen MR) is 86.4 cm³/mol. The molecule has 0 unspecified atom stereocenters. The second-order valence-electron chi connectivity index (χ2n) is 4.92. The van der Waals surface area contributed by atoms with Crippen LogP contribution in [0, 0.1) is 5.82 Å². The van der Waals surface area contributed by atoms with Crippen LogP contribution in [0.4, 0.5) is 4.39 Å². The van der Waals surface area contributed by atoms with E-state index in [1.54, 1.807) is 0 Å². The molecule has 0 aliphatic carbocycles. The van der Waals surface area contributed by atoms with Gasteiger partial charge in [-0.2, -0.15) is 4.31 Å². The largest absolute Gasteiger partial charge is 0.366 e. The maximum atomic E-state index is 12.9. The molecular weight excluding hydrogens is 357 g/mol. The van der Waals surface area contributed by atoms with E-state index in [1.165, 1.54) is 31.3 Å². The van der Waals surface area contributed by atoms with E-state index in [0.29, 0.717) is 16.9 Å². The molecule has 2 amide bonds. The molecule has 0 aliphatic rings. The Kier molecular flexibility index (Phi) is 5.02. The number of thiophene rings is 1. The van der Waals surface area contributed by atoms with Crippen LogP contribution in [0.5, 0.6) is 0 Å².